The summed E-state index contributed by atoms with van der Waals surface area (Å²) in [7, 11) is 1.48. The summed E-state index contributed by atoms with van der Waals surface area (Å²) >= 11 is 0. The van der Waals surface area contributed by atoms with Gasteiger partial charge in [-0.25, -0.2) is 0 Å². The van der Waals surface area contributed by atoms with E-state index in [9.17, 15) is 15.2 Å². The van der Waals surface area contributed by atoms with Crippen LogP contribution in [0.4, 0.5) is 11.4 Å². The molecule has 0 aromatic heterocycles. The van der Waals surface area contributed by atoms with E-state index in [4.69, 9.17) is 4.74 Å². The number of nitro benzene ring substituents is 1. The van der Waals surface area contributed by atoms with Gasteiger partial charge < -0.3 is 15.2 Å². The molecular weight excluding hydrogens is 260 g/mol. The van der Waals surface area contributed by atoms with Gasteiger partial charge in [0, 0.05) is 18.0 Å². The molecule has 0 saturated carbocycles. The van der Waals surface area contributed by atoms with E-state index in [-0.39, 0.29) is 17.7 Å². The number of hydrogen-bond acceptors (Lipinski definition) is 5. The zero-order chi connectivity index (χ0) is 15.2. The van der Waals surface area contributed by atoms with Crippen molar-refractivity contribution in [2.24, 2.45) is 5.41 Å². The summed E-state index contributed by atoms with van der Waals surface area (Å²) < 4.78 is 5.17. The molecule has 1 aromatic rings. The summed E-state index contributed by atoms with van der Waals surface area (Å²) in [6, 6.07) is 4.45. The van der Waals surface area contributed by atoms with Crippen molar-refractivity contribution >= 4 is 11.4 Å². The molecule has 0 fully saturated rings. The minimum atomic E-state index is -0.456. The van der Waals surface area contributed by atoms with Crippen molar-refractivity contribution in [2.45, 2.75) is 26.7 Å². The second kappa shape index (κ2) is 7.09. The van der Waals surface area contributed by atoms with E-state index in [1.165, 1.54) is 19.2 Å². The van der Waals surface area contributed by atoms with Crippen LogP contribution in [0.25, 0.3) is 0 Å². The lowest BCUT2D eigenvalue weighted by atomic mass is 9.83. The second-order valence-electron chi connectivity index (χ2n) is 4.86. The Morgan fingerprint density at radius 3 is 2.50 bits per heavy atom. The van der Waals surface area contributed by atoms with Gasteiger partial charge in [-0.3, -0.25) is 10.1 Å². The van der Waals surface area contributed by atoms with Gasteiger partial charge in [-0.05, 0) is 18.9 Å². The summed E-state index contributed by atoms with van der Waals surface area (Å²) in [6.45, 7) is 4.76. The maximum absolute atomic E-state index is 10.7. The molecule has 20 heavy (non-hydrogen) atoms. The number of aliphatic hydroxyl groups is 1. The monoisotopic (exact) mass is 282 g/mol. The third-order valence-electron chi connectivity index (χ3n) is 3.89. The normalized spacial score (nSPS) is 11.2. The molecule has 1 rings (SSSR count). The first-order chi connectivity index (χ1) is 9.51. The number of non-ortho nitro benzene ring substituents is 1. The molecule has 112 valence electrons. The van der Waals surface area contributed by atoms with Crippen LogP contribution in [-0.2, 0) is 0 Å². The van der Waals surface area contributed by atoms with Gasteiger partial charge in [0.15, 0.2) is 0 Å². The lowest BCUT2D eigenvalue weighted by molar-refractivity contribution is -0.384. The van der Waals surface area contributed by atoms with Crippen molar-refractivity contribution in [2.75, 3.05) is 25.6 Å². The van der Waals surface area contributed by atoms with Crippen LogP contribution >= 0.6 is 0 Å². The average molecular weight is 282 g/mol. The van der Waals surface area contributed by atoms with E-state index in [1.807, 2.05) is 13.8 Å². The van der Waals surface area contributed by atoms with Gasteiger partial charge >= 0.3 is 0 Å². The van der Waals surface area contributed by atoms with Gasteiger partial charge in [0.25, 0.3) is 5.69 Å². The maximum Gasteiger partial charge on any atom is 0.273 e. The highest BCUT2D eigenvalue weighted by Crippen LogP contribution is 2.32. The maximum atomic E-state index is 10.7. The fraction of sp³-hybridized carbons (Fsp3) is 0.571. The molecule has 6 nitrogen and oxygen atoms in total. The molecule has 0 aliphatic rings. The summed E-state index contributed by atoms with van der Waals surface area (Å²) in [4.78, 5) is 10.3. The SMILES string of the molecule is CCC(CC)(CO)CNc1ccc([N+](=O)[O-])cc1OC. The van der Waals surface area contributed by atoms with Crippen molar-refractivity contribution in [1.82, 2.24) is 0 Å². The zero-order valence-corrected chi connectivity index (χ0v) is 12.2. The van der Waals surface area contributed by atoms with E-state index >= 15 is 0 Å². The second-order valence-corrected chi connectivity index (χ2v) is 4.86. The zero-order valence-electron chi connectivity index (χ0n) is 12.2. The number of benzene rings is 1. The van der Waals surface area contributed by atoms with Crippen molar-refractivity contribution in [1.29, 1.82) is 0 Å². The Labute approximate surface area is 118 Å². The minimum absolute atomic E-state index is 0.00759. The third kappa shape index (κ3) is 3.60. The Bertz CT molecular complexity index is 450. The topological polar surface area (TPSA) is 84.6 Å². The number of ether oxygens (including phenoxy) is 1. The molecule has 0 aliphatic heterocycles. The van der Waals surface area contributed by atoms with Crippen LogP contribution in [-0.4, -0.2) is 30.3 Å². The van der Waals surface area contributed by atoms with E-state index in [1.54, 1.807) is 6.07 Å². The molecule has 0 atom stereocenters. The van der Waals surface area contributed by atoms with E-state index in [0.29, 0.717) is 18.0 Å². The van der Waals surface area contributed by atoms with E-state index in [0.717, 1.165) is 12.8 Å². The standard InChI is InChI=1S/C14H22N2O4/c1-4-14(5-2,10-17)9-15-12-7-6-11(16(18)19)8-13(12)20-3/h6-8,15,17H,4-5,9-10H2,1-3H3. The number of nitrogens with zero attached hydrogens (tertiary/aromatic N) is 1. The molecule has 0 amide bonds. The van der Waals surface area contributed by atoms with Crippen molar-refractivity contribution in [3.63, 3.8) is 0 Å². The van der Waals surface area contributed by atoms with Crippen molar-refractivity contribution in [3.8, 4) is 5.75 Å². The third-order valence-corrected chi connectivity index (χ3v) is 3.89. The van der Waals surface area contributed by atoms with Gasteiger partial charge in [0.05, 0.1) is 30.4 Å². The Morgan fingerprint density at radius 2 is 2.05 bits per heavy atom. The molecule has 2 N–H and O–H groups in total. The molecule has 0 radical (unpaired) electrons. The molecule has 6 heteroatoms. The molecule has 0 aliphatic carbocycles. The van der Waals surface area contributed by atoms with Gasteiger partial charge in [-0.2, -0.15) is 0 Å². The molecule has 0 unspecified atom stereocenters. The fourth-order valence-electron chi connectivity index (χ4n) is 2.00. The number of rotatable bonds is 8. The van der Waals surface area contributed by atoms with Gasteiger partial charge in [-0.1, -0.05) is 13.8 Å². The predicted octanol–water partition coefficient (Wildman–Crippen LogP) is 2.81. The average Bonchev–Trinajstić information content (AvgIpc) is 2.49. The Balaban J connectivity index is 2.90. The van der Waals surface area contributed by atoms with E-state index < -0.39 is 4.92 Å². The first kappa shape index (κ1) is 16.2. The molecule has 0 heterocycles. The first-order valence-corrected chi connectivity index (χ1v) is 6.69. The highest BCUT2D eigenvalue weighted by atomic mass is 16.6. The Kier molecular flexibility index (Phi) is 5.76. The quantitative estimate of drug-likeness (QED) is 0.565. The number of aliphatic hydroxyl groups excluding tert-OH is 1. The van der Waals surface area contributed by atoms with Gasteiger partial charge in [0.1, 0.15) is 5.75 Å². The minimum Gasteiger partial charge on any atom is -0.494 e. The van der Waals surface area contributed by atoms with Gasteiger partial charge in [-0.15, -0.1) is 0 Å². The molecule has 0 saturated heterocycles. The van der Waals surface area contributed by atoms with Crippen LogP contribution in [0, 0.1) is 15.5 Å². The number of methoxy groups -OCH3 is 1. The lowest BCUT2D eigenvalue weighted by Crippen LogP contribution is -2.32. The lowest BCUT2D eigenvalue weighted by Gasteiger charge is -2.30. The van der Waals surface area contributed by atoms with Crippen LogP contribution < -0.4 is 10.1 Å². The fourth-order valence-corrected chi connectivity index (χ4v) is 2.00. The highest BCUT2D eigenvalue weighted by Gasteiger charge is 2.25. The molecular formula is C14H22N2O4. The van der Waals surface area contributed by atoms with Crippen LogP contribution in [0.15, 0.2) is 18.2 Å². The summed E-state index contributed by atoms with van der Waals surface area (Å²) in [6.07, 6.45) is 1.70. The van der Waals surface area contributed by atoms with Crippen LogP contribution in [0.2, 0.25) is 0 Å². The van der Waals surface area contributed by atoms with Crippen molar-refractivity contribution in [3.05, 3.63) is 28.3 Å². The predicted molar refractivity (Wildman–Crippen MR) is 78.2 cm³/mol. The first-order valence-electron chi connectivity index (χ1n) is 6.69. The van der Waals surface area contributed by atoms with Crippen LogP contribution in [0.5, 0.6) is 5.75 Å². The van der Waals surface area contributed by atoms with Crippen molar-refractivity contribution < 1.29 is 14.8 Å². The summed E-state index contributed by atoms with van der Waals surface area (Å²) in [5.74, 6) is 0.429. The summed E-state index contributed by atoms with van der Waals surface area (Å²) in [5, 5.41) is 23.5. The molecule has 1 aromatic carbocycles. The van der Waals surface area contributed by atoms with Gasteiger partial charge in [0.2, 0.25) is 0 Å². The van der Waals surface area contributed by atoms with Crippen LogP contribution in [0.1, 0.15) is 26.7 Å². The largest absolute Gasteiger partial charge is 0.494 e. The number of nitro groups is 1. The van der Waals surface area contributed by atoms with Crippen LogP contribution in [0.3, 0.4) is 0 Å². The summed E-state index contributed by atoms with van der Waals surface area (Å²) in [5.41, 5.74) is 0.497. The number of anilines is 1. The Morgan fingerprint density at radius 1 is 1.40 bits per heavy atom. The molecule has 0 spiro atoms. The number of hydrogen-bond donors (Lipinski definition) is 2. The van der Waals surface area contributed by atoms with E-state index in [2.05, 4.69) is 5.32 Å². The Hall–Kier alpha value is -1.82. The highest BCUT2D eigenvalue weighted by molar-refractivity contribution is 5.60. The smallest absolute Gasteiger partial charge is 0.273 e. The number of nitrogens with one attached hydrogen (secondary N) is 1. The molecule has 0 bridgehead atoms.